The maximum absolute atomic E-state index is 15.1. The minimum atomic E-state index is -4.80. The molecule has 3 aromatic carbocycles. The fourth-order valence-corrected chi connectivity index (χ4v) is 7.50. The van der Waals surface area contributed by atoms with Crippen LogP contribution in [0, 0.1) is 0 Å². The molecule has 0 fully saturated rings. The van der Waals surface area contributed by atoms with E-state index in [-0.39, 0.29) is 91.6 Å². The minimum Gasteiger partial charge on any atom is -0.493 e. The van der Waals surface area contributed by atoms with Gasteiger partial charge in [-0.15, -0.1) is 0 Å². The number of esters is 1. The second-order valence-electron chi connectivity index (χ2n) is 15.1. The molecule has 0 spiro atoms. The Kier molecular flexibility index (Phi) is 18.6. The Morgan fingerprint density at radius 2 is 1.42 bits per heavy atom. The number of carbonyl (C=O) groups is 2. The van der Waals surface area contributed by atoms with E-state index in [1.54, 1.807) is 54.6 Å². The number of ether oxygens (including phenoxy) is 6. The van der Waals surface area contributed by atoms with Gasteiger partial charge >= 0.3 is 12.1 Å². The van der Waals surface area contributed by atoms with E-state index in [0.29, 0.717) is 15.4 Å². The molecule has 4 N–H and O–H groups in total. The van der Waals surface area contributed by atoms with Crippen LogP contribution in [0.5, 0.6) is 23.1 Å². The minimum absolute atomic E-state index is 0.0579. The molecular weight excluding hydrogens is 903 g/mol. The van der Waals surface area contributed by atoms with Crippen molar-refractivity contribution in [1.82, 2.24) is 30.7 Å². The Morgan fingerprint density at radius 1 is 0.746 bits per heavy atom. The molecule has 1 unspecified atom stereocenters. The summed E-state index contributed by atoms with van der Waals surface area (Å²) in [5.41, 5.74) is 1.56. The van der Waals surface area contributed by atoms with E-state index in [1.165, 1.54) is 50.7 Å². The van der Waals surface area contributed by atoms with Crippen LogP contribution in [-0.4, -0.2) is 112 Å². The standard InChI is InChI=1S/C43H51N7O16S/c1-29(65-42(52)62-22-8-9-23-63-49(53)54)48(67(57,58)33-18-16-32(17-19-33)43(2,3)4)40-37(66-35-15-7-6-14-34(35)59-5)41(47-39(46-40)38-44-20-11-21-45-38)61-25-24-60-36(51)27-30-12-10-13-31(26-30)28-64-50(55)56/h6-7,10-21,26,29,53-56H,8-9,22-25,27-28H2,1-5H3. The summed E-state index contributed by atoms with van der Waals surface area (Å²) in [6, 6.07) is 20.6. The summed E-state index contributed by atoms with van der Waals surface area (Å²) in [4.78, 5) is 52.8. The molecule has 23 nitrogen and oxygen atoms in total. The van der Waals surface area contributed by atoms with Crippen molar-refractivity contribution in [2.75, 3.05) is 37.8 Å². The van der Waals surface area contributed by atoms with Crippen molar-refractivity contribution in [2.45, 2.75) is 70.1 Å². The number of sulfonamides is 1. The predicted octanol–water partition coefficient (Wildman–Crippen LogP) is 6.20. The molecule has 2 heterocycles. The number of hydrogen-bond acceptors (Lipinski definition) is 22. The highest BCUT2D eigenvalue weighted by atomic mass is 32.2. The monoisotopic (exact) mass is 953 g/mol. The smallest absolute Gasteiger partial charge is 0.493 e. The average Bonchev–Trinajstić information content (AvgIpc) is 3.29. The van der Waals surface area contributed by atoms with E-state index in [1.807, 2.05) is 20.8 Å². The van der Waals surface area contributed by atoms with Gasteiger partial charge in [-0.1, -0.05) is 69.3 Å². The fourth-order valence-electron chi connectivity index (χ4n) is 6.00. The maximum atomic E-state index is 15.1. The maximum Gasteiger partial charge on any atom is 0.510 e. The Balaban J connectivity index is 1.57. The summed E-state index contributed by atoms with van der Waals surface area (Å²) in [5.74, 6) is -2.02. The zero-order valence-corrected chi connectivity index (χ0v) is 37.9. The molecule has 360 valence electrons. The summed E-state index contributed by atoms with van der Waals surface area (Å²) in [6.45, 7) is 5.93. The highest BCUT2D eigenvalue weighted by molar-refractivity contribution is 7.92. The molecule has 0 amide bonds. The molecule has 1 atom stereocenters. The molecular formula is C43H51N7O16S. The van der Waals surface area contributed by atoms with Crippen LogP contribution in [0.3, 0.4) is 0 Å². The molecule has 0 aliphatic carbocycles. The lowest BCUT2D eigenvalue weighted by Gasteiger charge is -2.30. The van der Waals surface area contributed by atoms with Crippen molar-refractivity contribution in [3.63, 3.8) is 0 Å². The molecule has 0 aliphatic heterocycles. The van der Waals surface area contributed by atoms with E-state index >= 15 is 8.42 Å². The molecule has 5 rings (SSSR count). The van der Waals surface area contributed by atoms with Gasteiger partial charge < -0.3 is 28.4 Å². The van der Waals surface area contributed by atoms with Crippen LogP contribution in [0.15, 0.2) is 96.2 Å². The lowest BCUT2D eigenvalue weighted by atomic mass is 9.87. The fraction of sp³-hybridized carbons (Fsp3) is 0.349. The summed E-state index contributed by atoms with van der Waals surface area (Å²) in [7, 11) is -3.40. The van der Waals surface area contributed by atoms with Crippen molar-refractivity contribution >= 4 is 28.0 Å². The normalized spacial score (nSPS) is 12.1. The molecule has 0 saturated carbocycles. The summed E-state index contributed by atoms with van der Waals surface area (Å²) >= 11 is 0. The zero-order chi connectivity index (χ0) is 48.6. The van der Waals surface area contributed by atoms with Gasteiger partial charge in [0.15, 0.2) is 29.4 Å². The SMILES string of the molecule is COc1ccccc1Oc1c(OCCOC(=O)Cc2cccc(CON(O)O)c2)nc(-c2ncccn2)nc1N(C(C)OC(=O)OCCCCON(O)O)S(=O)(=O)c1ccc(C(C)(C)C)cc1. The van der Waals surface area contributed by atoms with Crippen molar-refractivity contribution in [3.05, 3.63) is 108 Å². The lowest BCUT2D eigenvalue weighted by Crippen LogP contribution is -2.42. The summed E-state index contributed by atoms with van der Waals surface area (Å²) in [5, 5.41) is 34.4. The second-order valence-corrected chi connectivity index (χ2v) is 16.9. The molecule has 0 saturated heterocycles. The van der Waals surface area contributed by atoms with Crippen molar-refractivity contribution in [2.24, 2.45) is 0 Å². The van der Waals surface area contributed by atoms with Gasteiger partial charge in [0.05, 0.1) is 49.0 Å². The lowest BCUT2D eigenvalue weighted by molar-refractivity contribution is -0.497. The van der Waals surface area contributed by atoms with E-state index in [2.05, 4.69) is 29.6 Å². The zero-order valence-electron chi connectivity index (χ0n) is 37.1. The number of nitrogens with zero attached hydrogens (tertiary/aromatic N) is 7. The molecule has 0 radical (unpaired) electrons. The van der Waals surface area contributed by atoms with Gasteiger partial charge in [-0.25, -0.2) is 37.3 Å². The molecule has 5 aromatic rings. The van der Waals surface area contributed by atoms with Crippen LogP contribution in [-0.2, 0) is 57.1 Å². The molecule has 0 bridgehead atoms. The number of methoxy groups -OCH3 is 1. The first-order chi connectivity index (χ1) is 32.0. The van der Waals surface area contributed by atoms with Crippen LogP contribution < -0.4 is 18.5 Å². The third kappa shape index (κ3) is 15.2. The number of carbonyl (C=O) groups excluding carboxylic acids is 2. The first-order valence-electron chi connectivity index (χ1n) is 20.4. The molecule has 2 aromatic heterocycles. The quantitative estimate of drug-likeness (QED) is 0.0232. The first kappa shape index (κ1) is 51.4. The van der Waals surface area contributed by atoms with Crippen molar-refractivity contribution in [1.29, 1.82) is 0 Å². The van der Waals surface area contributed by atoms with E-state index in [4.69, 9.17) is 49.3 Å². The van der Waals surface area contributed by atoms with Crippen LogP contribution in [0.2, 0.25) is 0 Å². The number of benzene rings is 3. The number of para-hydroxylation sites is 2. The van der Waals surface area contributed by atoms with Crippen LogP contribution >= 0.6 is 0 Å². The average molecular weight is 954 g/mol. The van der Waals surface area contributed by atoms with Crippen LogP contribution in [0.25, 0.3) is 11.6 Å². The Hall–Kier alpha value is -6.61. The topological polar surface area (TPSA) is 284 Å². The number of unbranched alkanes of at least 4 members (excludes halogenated alkanes) is 1. The van der Waals surface area contributed by atoms with E-state index < -0.39 is 50.7 Å². The number of anilines is 1. The van der Waals surface area contributed by atoms with Gasteiger partial charge in [-0.2, -0.15) is 4.98 Å². The summed E-state index contributed by atoms with van der Waals surface area (Å²) < 4.78 is 65.3. The van der Waals surface area contributed by atoms with Gasteiger partial charge in [0.1, 0.15) is 13.2 Å². The Labute approximate surface area is 385 Å². The van der Waals surface area contributed by atoms with Crippen molar-refractivity contribution < 1.29 is 76.9 Å². The third-order valence-corrected chi connectivity index (χ3v) is 11.0. The van der Waals surface area contributed by atoms with E-state index in [0.717, 1.165) is 5.56 Å². The molecule has 24 heteroatoms. The predicted molar refractivity (Wildman–Crippen MR) is 230 cm³/mol. The largest absolute Gasteiger partial charge is 0.510 e. The molecule has 0 aliphatic rings. The van der Waals surface area contributed by atoms with Gasteiger partial charge in [0.25, 0.3) is 15.9 Å². The second kappa shape index (κ2) is 24.2. The number of hydrogen-bond donors (Lipinski definition) is 4. The summed E-state index contributed by atoms with van der Waals surface area (Å²) in [6.07, 6.45) is 0.0882. The number of aromatic nitrogens is 4. The van der Waals surface area contributed by atoms with Gasteiger partial charge in [-0.05, 0) is 72.2 Å². The van der Waals surface area contributed by atoms with E-state index in [9.17, 15) is 9.59 Å². The van der Waals surface area contributed by atoms with Gasteiger partial charge in [0.2, 0.25) is 11.6 Å². The highest BCUT2D eigenvalue weighted by Gasteiger charge is 2.39. The highest BCUT2D eigenvalue weighted by Crippen LogP contribution is 2.44. The Morgan fingerprint density at radius 3 is 2.09 bits per heavy atom. The van der Waals surface area contributed by atoms with Crippen LogP contribution in [0.1, 0.15) is 57.2 Å². The van der Waals surface area contributed by atoms with Gasteiger partial charge in [-0.3, -0.25) is 30.5 Å². The first-order valence-corrected chi connectivity index (χ1v) is 21.9. The number of rotatable bonds is 24. The third-order valence-electron chi connectivity index (χ3n) is 9.18. The Bertz CT molecular complexity index is 2500. The van der Waals surface area contributed by atoms with Gasteiger partial charge in [0, 0.05) is 12.4 Å². The van der Waals surface area contributed by atoms with Crippen molar-refractivity contribution in [3.8, 4) is 34.8 Å². The molecule has 67 heavy (non-hydrogen) atoms. The van der Waals surface area contributed by atoms with Crippen LogP contribution in [0.4, 0.5) is 10.6 Å².